The van der Waals surface area contributed by atoms with Crippen molar-refractivity contribution in [2.24, 2.45) is 4.99 Å². The predicted molar refractivity (Wildman–Crippen MR) is 115 cm³/mol. The highest BCUT2D eigenvalue weighted by molar-refractivity contribution is 6.42. The fourth-order valence-corrected chi connectivity index (χ4v) is 2.88. The van der Waals surface area contributed by atoms with Crippen molar-refractivity contribution in [3.63, 3.8) is 0 Å². The lowest BCUT2D eigenvalue weighted by Crippen LogP contribution is -2.41. The van der Waals surface area contributed by atoms with Crippen LogP contribution in [0.1, 0.15) is 23.1 Å². The van der Waals surface area contributed by atoms with E-state index in [1.165, 1.54) is 0 Å². The molecule has 0 saturated carbocycles. The van der Waals surface area contributed by atoms with E-state index in [9.17, 15) is 4.79 Å². The molecule has 8 nitrogen and oxygen atoms in total. The largest absolute Gasteiger partial charge is 0.357 e. The zero-order chi connectivity index (χ0) is 20.6. The number of hydrogen-bond acceptors (Lipinski definition) is 4. The summed E-state index contributed by atoms with van der Waals surface area (Å²) in [6.07, 6.45) is 1.90. The Hall–Kier alpha value is -2.84. The van der Waals surface area contributed by atoms with Crippen molar-refractivity contribution in [3.8, 4) is 0 Å². The van der Waals surface area contributed by atoms with Crippen molar-refractivity contribution in [2.75, 3.05) is 19.6 Å². The van der Waals surface area contributed by atoms with Crippen molar-refractivity contribution in [1.82, 2.24) is 30.5 Å². The third-order valence-corrected chi connectivity index (χ3v) is 4.73. The molecule has 0 radical (unpaired) electrons. The quantitative estimate of drug-likeness (QED) is 0.302. The summed E-state index contributed by atoms with van der Waals surface area (Å²) in [4.78, 5) is 16.7. The highest BCUT2D eigenvalue weighted by Crippen LogP contribution is 2.22. The molecule has 0 aliphatic rings. The molecule has 1 aromatic carbocycles. The van der Waals surface area contributed by atoms with Crippen LogP contribution in [0.15, 0.2) is 47.6 Å². The molecule has 0 atom stereocenters. The number of nitrogens with one attached hydrogen (secondary N) is 3. The van der Waals surface area contributed by atoms with Gasteiger partial charge < -0.3 is 16.0 Å². The minimum Gasteiger partial charge on any atom is -0.357 e. The van der Waals surface area contributed by atoms with Crippen LogP contribution in [0.4, 0.5) is 0 Å². The molecule has 10 heteroatoms. The first-order valence-electron chi connectivity index (χ1n) is 9.12. The van der Waals surface area contributed by atoms with Gasteiger partial charge in [-0.2, -0.15) is 0 Å². The first-order chi connectivity index (χ1) is 14.1. The number of fused-ring (bicyclic) bond motifs is 1. The Morgan fingerprint density at radius 1 is 1.07 bits per heavy atom. The lowest BCUT2D eigenvalue weighted by molar-refractivity contribution is 0.0954. The normalized spacial score (nSPS) is 11.5. The van der Waals surface area contributed by atoms with Crippen LogP contribution >= 0.6 is 23.2 Å². The molecular weight excluding hydrogens is 413 g/mol. The van der Waals surface area contributed by atoms with Crippen molar-refractivity contribution >= 4 is 40.7 Å². The van der Waals surface area contributed by atoms with Gasteiger partial charge in [0.2, 0.25) is 0 Å². The molecule has 3 aromatic rings. The van der Waals surface area contributed by atoms with Crippen LogP contribution in [0.3, 0.4) is 0 Å². The number of nitrogens with zero attached hydrogens (tertiary/aromatic N) is 4. The maximum atomic E-state index is 12.2. The Balaban J connectivity index is 1.52. The molecule has 3 N–H and O–H groups in total. The van der Waals surface area contributed by atoms with Gasteiger partial charge in [-0.3, -0.25) is 9.20 Å². The number of carbonyl (C=O) groups excluding carboxylic acids is 1. The average Bonchev–Trinajstić information content (AvgIpc) is 3.14. The van der Waals surface area contributed by atoms with E-state index in [4.69, 9.17) is 23.2 Å². The Bertz CT molecular complexity index is 1020. The van der Waals surface area contributed by atoms with Crippen LogP contribution in [0.25, 0.3) is 5.65 Å². The van der Waals surface area contributed by atoms with Crippen LogP contribution in [-0.2, 0) is 6.54 Å². The second-order valence-electron chi connectivity index (χ2n) is 6.05. The van der Waals surface area contributed by atoms with Crippen LogP contribution < -0.4 is 16.0 Å². The lowest BCUT2D eigenvalue weighted by Gasteiger charge is -2.12. The SMILES string of the molecule is CCNC(=NCc1nnc2ccccn12)NCCNC(=O)c1ccc(Cl)c(Cl)c1. The summed E-state index contributed by atoms with van der Waals surface area (Å²) in [5.74, 6) is 1.15. The van der Waals surface area contributed by atoms with Gasteiger partial charge in [0.25, 0.3) is 5.91 Å². The van der Waals surface area contributed by atoms with Crippen LogP contribution in [0.5, 0.6) is 0 Å². The van der Waals surface area contributed by atoms with Gasteiger partial charge in [0.1, 0.15) is 6.54 Å². The molecule has 0 bridgehead atoms. The van der Waals surface area contributed by atoms with Gasteiger partial charge >= 0.3 is 0 Å². The second kappa shape index (κ2) is 10.1. The lowest BCUT2D eigenvalue weighted by atomic mass is 10.2. The molecule has 2 aromatic heterocycles. The van der Waals surface area contributed by atoms with Gasteiger partial charge in [0.05, 0.1) is 10.0 Å². The first-order valence-corrected chi connectivity index (χ1v) is 9.88. The summed E-state index contributed by atoms with van der Waals surface area (Å²) in [5, 5.41) is 18.2. The second-order valence-corrected chi connectivity index (χ2v) is 6.87. The van der Waals surface area contributed by atoms with Crippen LogP contribution in [0, 0.1) is 0 Å². The zero-order valence-corrected chi connectivity index (χ0v) is 17.3. The highest BCUT2D eigenvalue weighted by Gasteiger charge is 2.08. The number of benzene rings is 1. The smallest absolute Gasteiger partial charge is 0.251 e. The molecule has 0 spiro atoms. The van der Waals surface area contributed by atoms with Gasteiger partial charge in [-0.1, -0.05) is 29.3 Å². The third-order valence-electron chi connectivity index (χ3n) is 3.99. The van der Waals surface area contributed by atoms with E-state index in [0.29, 0.717) is 47.7 Å². The Kier molecular flexibility index (Phi) is 7.26. The fraction of sp³-hybridized carbons (Fsp3) is 0.263. The molecule has 2 heterocycles. The summed E-state index contributed by atoms with van der Waals surface area (Å²) in [6, 6.07) is 10.5. The summed E-state index contributed by atoms with van der Waals surface area (Å²) < 4.78 is 1.89. The zero-order valence-electron chi connectivity index (χ0n) is 15.8. The van der Waals surface area contributed by atoms with Gasteiger partial charge in [0.15, 0.2) is 17.4 Å². The summed E-state index contributed by atoms with van der Waals surface area (Å²) in [7, 11) is 0. The minimum absolute atomic E-state index is 0.220. The number of guanidine groups is 1. The van der Waals surface area contributed by atoms with Crippen LogP contribution in [-0.4, -0.2) is 46.1 Å². The molecule has 29 heavy (non-hydrogen) atoms. The summed E-state index contributed by atoms with van der Waals surface area (Å²) >= 11 is 11.8. The maximum absolute atomic E-state index is 12.2. The number of carbonyl (C=O) groups is 1. The Morgan fingerprint density at radius 3 is 2.69 bits per heavy atom. The summed E-state index contributed by atoms with van der Waals surface area (Å²) in [5.41, 5.74) is 1.24. The van der Waals surface area contributed by atoms with Crippen molar-refractivity contribution in [3.05, 3.63) is 64.0 Å². The van der Waals surface area contributed by atoms with Crippen molar-refractivity contribution < 1.29 is 4.79 Å². The minimum atomic E-state index is -0.220. The number of rotatable bonds is 7. The maximum Gasteiger partial charge on any atom is 0.251 e. The Morgan fingerprint density at radius 2 is 1.90 bits per heavy atom. The molecule has 0 aliphatic heterocycles. The van der Waals surface area contributed by atoms with Crippen LogP contribution in [0.2, 0.25) is 10.0 Å². The van der Waals surface area contributed by atoms with E-state index in [0.717, 1.165) is 11.5 Å². The molecule has 0 fully saturated rings. The third kappa shape index (κ3) is 5.58. The van der Waals surface area contributed by atoms with E-state index in [-0.39, 0.29) is 5.91 Å². The van der Waals surface area contributed by atoms with E-state index < -0.39 is 0 Å². The van der Waals surface area contributed by atoms with Gasteiger partial charge in [-0.05, 0) is 37.3 Å². The van der Waals surface area contributed by atoms with E-state index in [2.05, 4.69) is 31.1 Å². The average molecular weight is 434 g/mol. The Labute approximate surface area is 178 Å². The fourth-order valence-electron chi connectivity index (χ4n) is 2.59. The number of hydrogen-bond donors (Lipinski definition) is 3. The highest BCUT2D eigenvalue weighted by atomic mass is 35.5. The van der Waals surface area contributed by atoms with Gasteiger partial charge in [-0.15, -0.1) is 10.2 Å². The monoisotopic (exact) mass is 433 g/mol. The number of amides is 1. The number of aromatic nitrogens is 3. The topological polar surface area (TPSA) is 95.7 Å². The van der Waals surface area contributed by atoms with Gasteiger partial charge in [0, 0.05) is 31.4 Å². The number of aliphatic imine (C=N–C) groups is 1. The number of pyridine rings is 1. The molecule has 0 unspecified atom stereocenters. The standard InChI is InChI=1S/C19H21Cl2N7O/c1-2-22-19(25-12-17-27-26-16-5-3-4-10-28(16)17)24-9-8-23-18(29)13-6-7-14(20)15(21)11-13/h3-7,10-11H,2,8-9,12H2,1H3,(H,23,29)(H2,22,24,25). The molecule has 1 amide bonds. The predicted octanol–water partition coefficient (Wildman–Crippen LogP) is 2.52. The van der Waals surface area contributed by atoms with Gasteiger partial charge in [-0.25, -0.2) is 4.99 Å². The van der Waals surface area contributed by atoms with E-state index in [1.807, 2.05) is 35.7 Å². The molecule has 3 rings (SSSR count). The molecular formula is C19H21Cl2N7O. The van der Waals surface area contributed by atoms with Crippen molar-refractivity contribution in [1.29, 1.82) is 0 Å². The number of halogens is 2. The first kappa shape index (κ1) is 20.9. The summed E-state index contributed by atoms with van der Waals surface area (Å²) in [6.45, 7) is 3.98. The van der Waals surface area contributed by atoms with E-state index in [1.54, 1.807) is 18.2 Å². The van der Waals surface area contributed by atoms with E-state index >= 15 is 0 Å². The van der Waals surface area contributed by atoms with Crippen molar-refractivity contribution in [2.45, 2.75) is 13.5 Å². The molecule has 0 saturated heterocycles. The molecule has 0 aliphatic carbocycles. The molecule has 152 valence electrons.